The second-order valence-corrected chi connectivity index (χ2v) is 9.76. The summed E-state index contributed by atoms with van der Waals surface area (Å²) in [6.07, 6.45) is 5.83. The van der Waals surface area contributed by atoms with Crippen LogP contribution in [-0.4, -0.2) is 66.2 Å². The number of rotatable bonds is 9. The first kappa shape index (κ1) is 21.6. The zero-order valence-electron chi connectivity index (χ0n) is 16.1. The fraction of sp³-hybridized carbons (Fsp3) is 0.650. The summed E-state index contributed by atoms with van der Waals surface area (Å²) >= 11 is 3.65. The van der Waals surface area contributed by atoms with Crippen LogP contribution in [0.5, 0.6) is 0 Å². The van der Waals surface area contributed by atoms with Gasteiger partial charge in [-0.1, -0.05) is 12.8 Å². The smallest absolute Gasteiger partial charge is 0.232 e. The third-order valence-electron chi connectivity index (χ3n) is 4.69. The van der Waals surface area contributed by atoms with E-state index >= 15 is 0 Å². The summed E-state index contributed by atoms with van der Waals surface area (Å²) in [6, 6.07) is 6.78. The predicted octanol–water partition coefficient (Wildman–Crippen LogP) is 4.37. The largest absolute Gasteiger partial charge is 0.345 e. The number of carbonyl (C=O) groups is 1. The predicted molar refractivity (Wildman–Crippen MR) is 112 cm³/mol. The van der Waals surface area contributed by atoms with Gasteiger partial charge < -0.3 is 9.80 Å². The molecule has 0 bridgehead atoms. The molecule has 1 aliphatic carbocycles. The van der Waals surface area contributed by atoms with Gasteiger partial charge in [0.2, 0.25) is 5.91 Å². The zero-order chi connectivity index (χ0) is 18.9. The van der Waals surface area contributed by atoms with E-state index in [2.05, 4.69) is 19.0 Å². The quantitative estimate of drug-likeness (QED) is 0.616. The molecule has 1 aliphatic rings. The molecule has 1 saturated carbocycles. The van der Waals surface area contributed by atoms with E-state index in [0.29, 0.717) is 16.3 Å². The standard InChI is InChI=1S/C20H31FN2OS2/c1-22(2)13-6-14-23(3)20(24)15-25-18-7-4-5-8-19(18)26-17-11-9-16(21)10-12-17/h9-12,18-19H,4-8,13-15H2,1-3H3. The van der Waals surface area contributed by atoms with E-state index in [9.17, 15) is 9.18 Å². The van der Waals surface area contributed by atoms with Crippen molar-refractivity contribution in [3.63, 3.8) is 0 Å². The van der Waals surface area contributed by atoms with Crippen LogP contribution in [0.1, 0.15) is 32.1 Å². The molecule has 2 unspecified atom stereocenters. The zero-order valence-corrected chi connectivity index (χ0v) is 17.8. The maximum Gasteiger partial charge on any atom is 0.232 e. The molecule has 0 saturated heterocycles. The average Bonchev–Trinajstić information content (AvgIpc) is 2.62. The Morgan fingerprint density at radius 2 is 1.73 bits per heavy atom. The third kappa shape index (κ3) is 7.49. The van der Waals surface area contributed by atoms with Gasteiger partial charge in [-0.15, -0.1) is 23.5 Å². The maximum absolute atomic E-state index is 13.1. The van der Waals surface area contributed by atoms with Crippen LogP contribution in [-0.2, 0) is 4.79 Å². The van der Waals surface area contributed by atoms with E-state index < -0.39 is 0 Å². The van der Waals surface area contributed by atoms with Gasteiger partial charge in [0, 0.05) is 29.0 Å². The Morgan fingerprint density at radius 3 is 2.38 bits per heavy atom. The van der Waals surface area contributed by atoms with E-state index in [1.807, 2.05) is 47.6 Å². The minimum absolute atomic E-state index is 0.188. The normalized spacial score (nSPS) is 20.3. The highest BCUT2D eigenvalue weighted by atomic mass is 32.2. The molecule has 146 valence electrons. The first-order valence-corrected chi connectivity index (χ1v) is 11.3. The number of benzene rings is 1. The monoisotopic (exact) mass is 398 g/mol. The molecule has 2 atom stereocenters. The Hall–Kier alpha value is -0.720. The number of hydrogen-bond acceptors (Lipinski definition) is 4. The Balaban J connectivity index is 1.79. The molecule has 0 radical (unpaired) electrons. The molecule has 6 heteroatoms. The summed E-state index contributed by atoms with van der Waals surface area (Å²) in [7, 11) is 6.02. The van der Waals surface area contributed by atoms with Gasteiger partial charge in [-0.05, 0) is 64.2 Å². The fourth-order valence-electron chi connectivity index (χ4n) is 3.11. The van der Waals surface area contributed by atoms with Crippen LogP contribution in [0.25, 0.3) is 0 Å². The summed E-state index contributed by atoms with van der Waals surface area (Å²) in [4.78, 5) is 17.5. The molecule has 1 aromatic carbocycles. The minimum Gasteiger partial charge on any atom is -0.345 e. The van der Waals surface area contributed by atoms with Crippen LogP contribution < -0.4 is 0 Å². The third-order valence-corrected chi connectivity index (χ3v) is 7.68. The number of nitrogens with zero attached hydrogens (tertiary/aromatic N) is 2. The van der Waals surface area contributed by atoms with Gasteiger partial charge in [-0.25, -0.2) is 4.39 Å². The molecule has 1 aromatic rings. The molecule has 26 heavy (non-hydrogen) atoms. The Kier molecular flexibility index (Phi) is 9.29. The lowest BCUT2D eigenvalue weighted by atomic mass is 10.00. The maximum atomic E-state index is 13.1. The van der Waals surface area contributed by atoms with E-state index in [1.165, 1.54) is 37.8 Å². The first-order valence-electron chi connectivity index (χ1n) is 9.38. The lowest BCUT2D eigenvalue weighted by Gasteiger charge is -2.31. The van der Waals surface area contributed by atoms with Crippen molar-refractivity contribution in [2.24, 2.45) is 0 Å². The molecule has 0 spiro atoms. The van der Waals surface area contributed by atoms with Crippen molar-refractivity contribution in [2.75, 3.05) is 40.0 Å². The molecular formula is C20H31FN2OS2. The molecule has 0 aromatic heterocycles. The summed E-state index contributed by atoms with van der Waals surface area (Å²) in [6.45, 7) is 1.82. The van der Waals surface area contributed by atoms with Crippen molar-refractivity contribution in [3.05, 3.63) is 30.1 Å². The van der Waals surface area contributed by atoms with Gasteiger partial charge in [-0.2, -0.15) is 0 Å². The Labute approximate surface area is 166 Å². The van der Waals surface area contributed by atoms with Crippen LogP contribution in [0.15, 0.2) is 29.2 Å². The van der Waals surface area contributed by atoms with Gasteiger partial charge in [0.05, 0.1) is 5.75 Å². The minimum atomic E-state index is -0.188. The van der Waals surface area contributed by atoms with Gasteiger partial charge in [0.25, 0.3) is 0 Å². The fourth-order valence-corrected chi connectivity index (χ4v) is 5.99. The molecule has 1 fully saturated rings. The second kappa shape index (κ2) is 11.2. The van der Waals surface area contributed by atoms with Crippen molar-refractivity contribution in [1.82, 2.24) is 9.80 Å². The molecule has 1 amide bonds. The topological polar surface area (TPSA) is 23.6 Å². The summed E-state index contributed by atoms with van der Waals surface area (Å²) in [5, 5.41) is 1.00. The van der Waals surface area contributed by atoms with E-state index in [4.69, 9.17) is 0 Å². The number of thioether (sulfide) groups is 2. The summed E-state index contributed by atoms with van der Waals surface area (Å²) in [5.41, 5.74) is 0. The van der Waals surface area contributed by atoms with E-state index in [1.54, 1.807) is 0 Å². The Morgan fingerprint density at radius 1 is 1.08 bits per heavy atom. The highest BCUT2D eigenvalue weighted by Gasteiger charge is 2.27. The van der Waals surface area contributed by atoms with Crippen molar-refractivity contribution >= 4 is 29.4 Å². The van der Waals surface area contributed by atoms with E-state index in [-0.39, 0.29) is 11.7 Å². The molecular weight excluding hydrogens is 367 g/mol. The van der Waals surface area contributed by atoms with Crippen molar-refractivity contribution in [1.29, 1.82) is 0 Å². The van der Waals surface area contributed by atoms with Gasteiger partial charge in [0.1, 0.15) is 5.82 Å². The van der Waals surface area contributed by atoms with Crippen LogP contribution in [0.4, 0.5) is 4.39 Å². The molecule has 0 aliphatic heterocycles. The lowest BCUT2D eigenvalue weighted by Crippen LogP contribution is -2.33. The van der Waals surface area contributed by atoms with Gasteiger partial charge in [-0.3, -0.25) is 4.79 Å². The Bertz CT molecular complexity index is 553. The van der Waals surface area contributed by atoms with E-state index in [0.717, 1.165) is 24.4 Å². The van der Waals surface area contributed by atoms with Crippen molar-refractivity contribution in [3.8, 4) is 0 Å². The molecule has 2 rings (SSSR count). The average molecular weight is 399 g/mol. The molecule has 0 heterocycles. The van der Waals surface area contributed by atoms with Crippen LogP contribution in [0.3, 0.4) is 0 Å². The highest BCUT2D eigenvalue weighted by molar-refractivity contribution is 8.04. The second-order valence-electron chi connectivity index (χ2n) is 7.22. The number of carbonyl (C=O) groups excluding carboxylic acids is 1. The molecule has 0 N–H and O–H groups in total. The van der Waals surface area contributed by atoms with Crippen LogP contribution in [0, 0.1) is 5.82 Å². The first-order chi connectivity index (χ1) is 12.5. The number of amides is 1. The lowest BCUT2D eigenvalue weighted by molar-refractivity contribution is -0.127. The van der Waals surface area contributed by atoms with Crippen molar-refractivity contribution < 1.29 is 9.18 Å². The number of hydrogen-bond donors (Lipinski definition) is 0. The van der Waals surface area contributed by atoms with Crippen LogP contribution >= 0.6 is 23.5 Å². The van der Waals surface area contributed by atoms with Gasteiger partial charge in [0.15, 0.2) is 0 Å². The molecule has 3 nitrogen and oxygen atoms in total. The van der Waals surface area contributed by atoms with Gasteiger partial charge >= 0.3 is 0 Å². The SMILES string of the molecule is CN(C)CCCN(C)C(=O)CSC1CCCCC1Sc1ccc(F)cc1. The summed E-state index contributed by atoms with van der Waals surface area (Å²) in [5.74, 6) is 0.598. The van der Waals surface area contributed by atoms with Crippen molar-refractivity contribution in [2.45, 2.75) is 47.5 Å². The van der Waals surface area contributed by atoms with Crippen LogP contribution in [0.2, 0.25) is 0 Å². The summed E-state index contributed by atoms with van der Waals surface area (Å²) < 4.78 is 13.1. The number of halogens is 1. The highest BCUT2D eigenvalue weighted by Crippen LogP contribution is 2.39.